The Morgan fingerprint density at radius 2 is 1.50 bits per heavy atom. The van der Waals surface area contributed by atoms with Gasteiger partial charge < -0.3 is 5.32 Å². The molecule has 0 atom stereocenters. The Labute approximate surface area is 121 Å². The van der Waals surface area contributed by atoms with Gasteiger partial charge in [-0.25, -0.2) is 0 Å². The molecule has 1 aliphatic carbocycles. The summed E-state index contributed by atoms with van der Waals surface area (Å²) in [5.41, 5.74) is 8.91. The van der Waals surface area contributed by atoms with E-state index in [0.717, 1.165) is 13.0 Å². The first-order valence-electron chi connectivity index (χ1n) is 7.85. The molecule has 0 spiro atoms. The molecule has 0 unspecified atom stereocenters. The molecule has 1 nitrogen and oxygen atoms in total. The molecule has 0 saturated carbocycles. The lowest BCUT2D eigenvalue weighted by molar-refractivity contribution is 0.828. The second kappa shape index (κ2) is 4.97. The second-order valence-electron chi connectivity index (χ2n) is 6.16. The molecule has 0 fully saturated rings. The van der Waals surface area contributed by atoms with Crippen molar-refractivity contribution in [3.05, 3.63) is 64.2 Å². The van der Waals surface area contributed by atoms with Crippen molar-refractivity contribution >= 4 is 5.69 Å². The van der Waals surface area contributed by atoms with Crippen LogP contribution in [-0.4, -0.2) is 6.54 Å². The van der Waals surface area contributed by atoms with E-state index in [0.29, 0.717) is 0 Å². The van der Waals surface area contributed by atoms with Crippen LogP contribution in [0.4, 0.5) is 5.69 Å². The molecule has 1 heterocycles. The van der Waals surface area contributed by atoms with Crippen LogP contribution in [0.1, 0.15) is 40.7 Å². The molecule has 0 radical (unpaired) electrons. The van der Waals surface area contributed by atoms with Gasteiger partial charge in [-0.3, -0.25) is 0 Å². The molecule has 0 bridgehead atoms. The van der Waals surface area contributed by atoms with Crippen molar-refractivity contribution in [2.75, 3.05) is 11.9 Å². The van der Waals surface area contributed by atoms with Gasteiger partial charge >= 0.3 is 0 Å². The van der Waals surface area contributed by atoms with Gasteiger partial charge in [0.2, 0.25) is 0 Å². The highest BCUT2D eigenvalue weighted by atomic mass is 14.9. The fraction of sp³-hybridized carbons (Fsp3) is 0.368. The Morgan fingerprint density at radius 3 is 2.45 bits per heavy atom. The minimum atomic E-state index is 1.07. The van der Waals surface area contributed by atoms with E-state index in [9.17, 15) is 0 Å². The summed E-state index contributed by atoms with van der Waals surface area (Å²) in [6.45, 7) is 1.12. The van der Waals surface area contributed by atoms with Crippen LogP contribution in [0.5, 0.6) is 0 Å². The molecular weight excluding hydrogens is 242 g/mol. The second-order valence-corrected chi connectivity index (χ2v) is 6.16. The van der Waals surface area contributed by atoms with Crippen LogP contribution in [0.2, 0.25) is 0 Å². The molecule has 20 heavy (non-hydrogen) atoms. The highest BCUT2D eigenvalue weighted by molar-refractivity contribution is 5.55. The third-order valence-corrected chi connectivity index (χ3v) is 4.68. The first kappa shape index (κ1) is 12.0. The monoisotopic (exact) mass is 263 g/mol. The SMILES string of the molecule is c1cc2c(cc1Cc1ccc3c(c1)CCCN3)CCC2. The summed E-state index contributed by atoms with van der Waals surface area (Å²) in [5.74, 6) is 0. The molecule has 1 N–H and O–H groups in total. The summed E-state index contributed by atoms with van der Waals surface area (Å²) in [7, 11) is 0. The van der Waals surface area contributed by atoms with Gasteiger partial charge in [0, 0.05) is 12.2 Å². The summed E-state index contributed by atoms with van der Waals surface area (Å²) >= 11 is 0. The number of aryl methyl sites for hydroxylation is 3. The molecule has 1 heteroatoms. The predicted molar refractivity (Wildman–Crippen MR) is 84.5 cm³/mol. The molecule has 102 valence electrons. The minimum absolute atomic E-state index is 1.07. The molecular formula is C19H21N. The zero-order valence-corrected chi connectivity index (χ0v) is 11.9. The van der Waals surface area contributed by atoms with Crippen molar-refractivity contribution in [2.45, 2.75) is 38.5 Å². The van der Waals surface area contributed by atoms with Gasteiger partial charge in [0.15, 0.2) is 0 Å². The third kappa shape index (κ3) is 2.22. The Bertz CT molecular complexity index is 642. The maximum Gasteiger partial charge on any atom is 0.0372 e. The number of hydrogen-bond acceptors (Lipinski definition) is 1. The summed E-state index contributed by atoms with van der Waals surface area (Å²) in [5, 5.41) is 3.49. The van der Waals surface area contributed by atoms with E-state index >= 15 is 0 Å². The Morgan fingerprint density at radius 1 is 0.750 bits per heavy atom. The van der Waals surface area contributed by atoms with Crippen LogP contribution in [0, 0.1) is 0 Å². The fourth-order valence-corrected chi connectivity index (χ4v) is 3.61. The van der Waals surface area contributed by atoms with Crippen molar-refractivity contribution in [1.82, 2.24) is 0 Å². The molecule has 1 aliphatic heterocycles. The Hall–Kier alpha value is -1.76. The van der Waals surface area contributed by atoms with Gasteiger partial charge in [0.1, 0.15) is 0 Å². The lowest BCUT2D eigenvalue weighted by atomic mass is 9.96. The van der Waals surface area contributed by atoms with Gasteiger partial charge in [0.05, 0.1) is 0 Å². The van der Waals surface area contributed by atoms with Gasteiger partial charge in [-0.1, -0.05) is 30.3 Å². The van der Waals surface area contributed by atoms with Crippen molar-refractivity contribution < 1.29 is 0 Å². The normalized spacial score (nSPS) is 16.4. The smallest absolute Gasteiger partial charge is 0.0372 e. The number of hydrogen-bond donors (Lipinski definition) is 1. The molecule has 2 aromatic rings. The van der Waals surface area contributed by atoms with E-state index in [1.807, 2.05) is 0 Å². The Balaban J connectivity index is 1.59. The minimum Gasteiger partial charge on any atom is -0.385 e. The van der Waals surface area contributed by atoms with Gasteiger partial charge in [-0.15, -0.1) is 0 Å². The molecule has 0 amide bonds. The molecule has 0 aromatic heterocycles. The molecule has 0 saturated heterocycles. The van der Waals surface area contributed by atoms with Crippen LogP contribution in [0.15, 0.2) is 36.4 Å². The average molecular weight is 263 g/mol. The maximum absolute atomic E-state index is 3.49. The highest BCUT2D eigenvalue weighted by Gasteiger charge is 2.12. The van der Waals surface area contributed by atoms with E-state index in [-0.39, 0.29) is 0 Å². The number of anilines is 1. The highest BCUT2D eigenvalue weighted by Crippen LogP contribution is 2.26. The van der Waals surface area contributed by atoms with E-state index in [1.165, 1.54) is 54.5 Å². The van der Waals surface area contributed by atoms with Gasteiger partial charge in [-0.05, 0) is 72.4 Å². The molecule has 4 rings (SSSR count). The predicted octanol–water partition coefficient (Wildman–Crippen LogP) is 4.12. The number of rotatable bonds is 2. The van der Waals surface area contributed by atoms with Gasteiger partial charge in [-0.2, -0.15) is 0 Å². The summed E-state index contributed by atoms with van der Waals surface area (Å²) in [6.07, 6.45) is 7.44. The number of benzene rings is 2. The van der Waals surface area contributed by atoms with E-state index in [4.69, 9.17) is 0 Å². The largest absolute Gasteiger partial charge is 0.385 e. The zero-order valence-electron chi connectivity index (χ0n) is 11.9. The van der Waals surface area contributed by atoms with E-state index in [2.05, 4.69) is 41.7 Å². The summed E-state index contributed by atoms with van der Waals surface area (Å²) < 4.78 is 0. The number of nitrogens with one attached hydrogen (secondary N) is 1. The van der Waals surface area contributed by atoms with Crippen molar-refractivity contribution in [2.24, 2.45) is 0 Å². The Kier molecular flexibility index (Phi) is 2.99. The van der Waals surface area contributed by atoms with Crippen molar-refractivity contribution in [3.63, 3.8) is 0 Å². The summed E-state index contributed by atoms with van der Waals surface area (Å²) in [6, 6.07) is 14.0. The fourth-order valence-electron chi connectivity index (χ4n) is 3.61. The van der Waals surface area contributed by atoms with Crippen molar-refractivity contribution in [3.8, 4) is 0 Å². The topological polar surface area (TPSA) is 12.0 Å². The number of fused-ring (bicyclic) bond motifs is 2. The third-order valence-electron chi connectivity index (χ3n) is 4.68. The van der Waals surface area contributed by atoms with E-state index in [1.54, 1.807) is 11.1 Å². The van der Waals surface area contributed by atoms with Crippen LogP contribution in [0.25, 0.3) is 0 Å². The molecule has 2 aliphatic rings. The van der Waals surface area contributed by atoms with Crippen molar-refractivity contribution in [1.29, 1.82) is 0 Å². The quantitative estimate of drug-likeness (QED) is 0.859. The average Bonchev–Trinajstić information content (AvgIpc) is 2.95. The molecule has 2 aromatic carbocycles. The van der Waals surface area contributed by atoms with Crippen LogP contribution < -0.4 is 5.32 Å². The van der Waals surface area contributed by atoms with E-state index < -0.39 is 0 Å². The van der Waals surface area contributed by atoms with Crippen LogP contribution in [0.3, 0.4) is 0 Å². The lowest BCUT2D eigenvalue weighted by Crippen LogP contribution is -2.11. The van der Waals surface area contributed by atoms with Gasteiger partial charge in [0.25, 0.3) is 0 Å². The summed E-state index contributed by atoms with van der Waals surface area (Å²) in [4.78, 5) is 0. The standard InChI is InChI=1S/C19H21N/c1-3-16-8-6-14(12-17(16)4-1)11-15-7-9-19-18(13-15)5-2-10-20-19/h6-9,12-13,20H,1-5,10-11H2. The van der Waals surface area contributed by atoms with Crippen LogP contribution in [-0.2, 0) is 25.7 Å². The maximum atomic E-state index is 3.49. The lowest BCUT2D eigenvalue weighted by Gasteiger charge is -2.18. The van der Waals surface area contributed by atoms with Crippen LogP contribution >= 0.6 is 0 Å². The zero-order chi connectivity index (χ0) is 13.4. The first-order valence-corrected chi connectivity index (χ1v) is 7.85. The first-order chi connectivity index (χ1) is 9.88.